The van der Waals surface area contributed by atoms with Crippen molar-refractivity contribution < 1.29 is 19.1 Å². The van der Waals surface area contributed by atoms with Crippen LogP contribution in [0.3, 0.4) is 0 Å². The van der Waals surface area contributed by atoms with Gasteiger partial charge < -0.3 is 14.3 Å². The molecule has 0 heterocycles. The van der Waals surface area contributed by atoms with Crippen molar-refractivity contribution in [3.8, 4) is 0 Å². The SMILES string of the molecule is CO/C=C(/C(=O)OC)c1ccccc1CO/N=C(C)/C=C/c1ccc(Cl)cc1. The summed E-state index contributed by atoms with van der Waals surface area (Å²) in [4.78, 5) is 17.5. The van der Waals surface area contributed by atoms with Crippen LogP contribution in [0.25, 0.3) is 11.6 Å². The van der Waals surface area contributed by atoms with E-state index in [0.717, 1.165) is 11.1 Å². The quantitative estimate of drug-likeness (QED) is 0.203. The van der Waals surface area contributed by atoms with Gasteiger partial charge in [0.05, 0.1) is 26.2 Å². The fourth-order valence-corrected chi connectivity index (χ4v) is 2.51. The molecule has 0 saturated heterocycles. The summed E-state index contributed by atoms with van der Waals surface area (Å²) in [6, 6.07) is 14.8. The van der Waals surface area contributed by atoms with Crippen LogP contribution >= 0.6 is 11.6 Å². The largest absolute Gasteiger partial charge is 0.503 e. The van der Waals surface area contributed by atoms with Gasteiger partial charge >= 0.3 is 5.97 Å². The van der Waals surface area contributed by atoms with Crippen molar-refractivity contribution in [2.45, 2.75) is 13.5 Å². The minimum atomic E-state index is -0.486. The summed E-state index contributed by atoms with van der Waals surface area (Å²) < 4.78 is 9.84. The summed E-state index contributed by atoms with van der Waals surface area (Å²) in [6.45, 7) is 2.03. The maximum atomic E-state index is 12.0. The molecule has 0 saturated carbocycles. The monoisotopic (exact) mass is 399 g/mol. The number of halogens is 1. The number of rotatable bonds is 8. The lowest BCUT2D eigenvalue weighted by Gasteiger charge is -2.10. The zero-order chi connectivity index (χ0) is 20.4. The van der Waals surface area contributed by atoms with E-state index in [2.05, 4.69) is 5.16 Å². The van der Waals surface area contributed by atoms with E-state index in [-0.39, 0.29) is 6.61 Å². The first kappa shape index (κ1) is 21.3. The Hall–Kier alpha value is -3.05. The van der Waals surface area contributed by atoms with E-state index >= 15 is 0 Å². The highest BCUT2D eigenvalue weighted by atomic mass is 35.5. The van der Waals surface area contributed by atoms with E-state index in [1.165, 1.54) is 20.5 Å². The molecule has 2 aromatic rings. The Morgan fingerprint density at radius 3 is 2.50 bits per heavy atom. The van der Waals surface area contributed by atoms with E-state index in [0.29, 0.717) is 21.9 Å². The highest BCUT2D eigenvalue weighted by Crippen LogP contribution is 2.21. The third-order valence-corrected chi connectivity index (χ3v) is 4.02. The van der Waals surface area contributed by atoms with Crippen LogP contribution in [0, 0.1) is 0 Å². The molecule has 0 spiro atoms. The summed E-state index contributed by atoms with van der Waals surface area (Å²) in [5, 5.41) is 4.79. The normalized spacial score (nSPS) is 12.1. The van der Waals surface area contributed by atoms with Gasteiger partial charge in [-0.3, -0.25) is 0 Å². The molecule has 0 bridgehead atoms. The van der Waals surface area contributed by atoms with E-state index in [9.17, 15) is 4.79 Å². The minimum absolute atomic E-state index is 0.195. The van der Waals surface area contributed by atoms with Crippen molar-refractivity contribution in [1.29, 1.82) is 0 Å². The van der Waals surface area contributed by atoms with Gasteiger partial charge in [-0.25, -0.2) is 4.79 Å². The number of oxime groups is 1. The first-order chi connectivity index (χ1) is 13.5. The van der Waals surface area contributed by atoms with Crippen LogP contribution in [-0.4, -0.2) is 25.9 Å². The molecular weight excluding hydrogens is 378 g/mol. The Bertz CT molecular complexity index is 886. The van der Waals surface area contributed by atoms with Gasteiger partial charge in [-0.15, -0.1) is 0 Å². The molecule has 0 amide bonds. The first-order valence-corrected chi connectivity index (χ1v) is 8.92. The van der Waals surface area contributed by atoms with E-state index < -0.39 is 5.97 Å². The van der Waals surface area contributed by atoms with Gasteiger partial charge in [0.25, 0.3) is 0 Å². The van der Waals surface area contributed by atoms with Crippen molar-refractivity contribution in [2.24, 2.45) is 5.16 Å². The van der Waals surface area contributed by atoms with Gasteiger partial charge in [0.1, 0.15) is 12.2 Å². The Morgan fingerprint density at radius 1 is 1.11 bits per heavy atom. The van der Waals surface area contributed by atoms with E-state index in [4.69, 9.17) is 25.9 Å². The second kappa shape index (κ2) is 10.9. The molecule has 0 aliphatic heterocycles. The molecule has 6 heteroatoms. The topological polar surface area (TPSA) is 57.1 Å². The highest BCUT2D eigenvalue weighted by molar-refractivity contribution is 6.30. The third-order valence-electron chi connectivity index (χ3n) is 3.76. The number of nitrogens with zero attached hydrogens (tertiary/aromatic N) is 1. The van der Waals surface area contributed by atoms with Crippen LogP contribution < -0.4 is 0 Å². The minimum Gasteiger partial charge on any atom is -0.503 e. The molecule has 0 aromatic heterocycles. The fourth-order valence-electron chi connectivity index (χ4n) is 2.38. The number of carbonyl (C=O) groups is 1. The maximum Gasteiger partial charge on any atom is 0.341 e. The van der Waals surface area contributed by atoms with Gasteiger partial charge in [0.15, 0.2) is 0 Å². The number of hydrogen-bond acceptors (Lipinski definition) is 5. The lowest BCUT2D eigenvalue weighted by Crippen LogP contribution is -2.07. The Morgan fingerprint density at radius 2 is 1.82 bits per heavy atom. The predicted octanol–water partition coefficient (Wildman–Crippen LogP) is 5.11. The summed E-state index contributed by atoms with van der Waals surface area (Å²) in [7, 11) is 2.80. The molecule has 0 aliphatic carbocycles. The number of esters is 1. The Balaban J connectivity index is 2.08. The van der Waals surface area contributed by atoms with Gasteiger partial charge in [-0.2, -0.15) is 0 Å². The zero-order valence-electron chi connectivity index (χ0n) is 16.0. The second-order valence-electron chi connectivity index (χ2n) is 5.81. The van der Waals surface area contributed by atoms with Crippen LogP contribution in [0.4, 0.5) is 0 Å². The van der Waals surface area contributed by atoms with Crippen LogP contribution in [0.5, 0.6) is 0 Å². The lowest BCUT2D eigenvalue weighted by atomic mass is 10.0. The molecule has 0 aliphatic rings. The summed E-state index contributed by atoms with van der Waals surface area (Å²) in [5.74, 6) is -0.486. The second-order valence-corrected chi connectivity index (χ2v) is 6.24. The average molecular weight is 400 g/mol. The molecule has 2 rings (SSSR count). The van der Waals surface area contributed by atoms with Gasteiger partial charge in [-0.1, -0.05) is 59.2 Å². The zero-order valence-corrected chi connectivity index (χ0v) is 16.8. The number of hydrogen-bond donors (Lipinski definition) is 0. The van der Waals surface area contributed by atoms with E-state index in [1.807, 2.05) is 61.5 Å². The Labute approximate surface area is 169 Å². The van der Waals surface area contributed by atoms with Crippen molar-refractivity contribution in [2.75, 3.05) is 14.2 Å². The van der Waals surface area contributed by atoms with Gasteiger partial charge in [0, 0.05) is 10.6 Å². The highest BCUT2D eigenvalue weighted by Gasteiger charge is 2.16. The third kappa shape index (κ3) is 6.28. The number of ether oxygens (including phenoxy) is 2. The van der Waals surface area contributed by atoms with Gasteiger partial charge in [-0.05, 0) is 36.3 Å². The first-order valence-electron chi connectivity index (χ1n) is 8.55. The van der Waals surface area contributed by atoms with E-state index in [1.54, 1.807) is 6.07 Å². The smallest absolute Gasteiger partial charge is 0.341 e. The number of allylic oxidation sites excluding steroid dienone is 1. The fraction of sp³-hybridized carbons (Fsp3) is 0.182. The maximum absolute atomic E-state index is 12.0. The summed E-state index contributed by atoms with van der Waals surface area (Å²) in [5.41, 5.74) is 3.48. The van der Waals surface area contributed by atoms with Crippen molar-refractivity contribution in [1.82, 2.24) is 0 Å². The average Bonchev–Trinajstić information content (AvgIpc) is 2.71. The molecule has 0 N–H and O–H groups in total. The van der Waals surface area contributed by atoms with Crippen molar-refractivity contribution in [3.05, 3.63) is 82.6 Å². The molecular formula is C22H22ClNO4. The molecule has 0 unspecified atom stereocenters. The summed E-state index contributed by atoms with van der Waals surface area (Å²) >= 11 is 5.88. The molecule has 5 nitrogen and oxygen atoms in total. The molecule has 0 radical (unpaired) electrons. The van der Waals surface area contributed by atoms with Crippen LogP contribution in [-0.2, 0) is 25.7 Å². The van der Waals surface area contributed by atoms with Gasteiger partial charge in [0.2, 0.25) is 0 Å². The number of carbonyl (C=O) groups excluding carboxylic acids is 1. The lowest BCUT2D eigenvalue weighted by molar-refractivity contribution is -0.133. The number of benzene rings is 2. The predicted molar refractivity (Wildman–Crippen MR) is 112 cm³/mol. The van der Waals surface area contributed by atoms with Crippen LogP contribution in [0.1, 0.15) is 23.6 Å². The molecule has 0 atom stereocenters. The molecule has 28 heavy (non-hydrogen) atoms. The molecule has 0 fully saturated rings. The van der Waals surface area contributed by atoms with Crippen molar-refractivity contribution in [3.63, 3.8) is 0 Å². The standard InChI is InChI=1S/C22H22ClNO4/c1-16(8-9-17-10-12-19(23)13-11-17)24-28-14-18-6-4-5-7-20(18)21(15-26-2)22(25)27-3/h4-13,15H,14H2,1-3H3/b9-8+,21-15+,24-16+. The Kier molecular flexibility index (Phi) is 8.31. The van der Waals surface area contributed by atoms with Crippen LogP contribution in [0.15, 0.2) is 66.0 Å². The van der Waals surface area contributed by atoms with Crippen molar-refractivity contribution >= 4 is 34.9 Å². The number of methoxy groups -OCH3 is 2. The summed E-state index contributed by atoms with van der Waals surface area (Å²) in [6.07, 6.45) is 5.12. The molecule has 2 aromatic carbocycles. The van der Waals surface area contributed by atoms with Crippen LogP contribution in [0.2, 0.25) is 5.02 Å². The molecule has 146 valence electrons.